The second-order valence-corrected chi connectivity index (χ2v) is 2.86. The molecule has 0 saturated heterocycles. The molecule has 0 radical (unpaired) electrons. The molecule has 0 fully saturated rings. The molecule has 0 atom stereocenters. The summed E-state index contributed by atoms with van der Waals surface area (Å²) in [7, 11) is 1.87. The summed E-state index contributed by atoms with van der Waals surface area (Å²) in [6.45, 7) is 2.10. The van der Waals surface area contributed by atoms with Crippen LogP contribution in [0.15, 0.2) is 24.3 Å². The molecule has 3 nitrogen and oxygen atoms in total. The second kappa shape index (κ2) is 4.50. The fourth-order valence-corrected chi connectivity index (χ4v) is 1.06. The van der Waals surface area contributed by atoms with Crippen molar-refractivity contribution in [2.24, 2.45) is 0 Å². The molecule has 0 aromatic heterocycles. The van der Waals surface area contributed by atoms with Crippen LogP contribution in [0.1, 0.15) is 12.5 Å². The zero-order chi connectivity index (χ0) is 9.68. The van der Waals surface area contributed by atoms with E-state index in [1.54, 1.807) is 0 Å². The van der Waals surface area contributed by atoms with Gasteiger partial charge in [0, 0.05) is 26.2 Å². The third-order valence-corrected chi connectivity index (χ3v) is 1.76. The lowest BCUT2D eigenvalue weighted by Crippen LogP contribution is -2.18. The molecular formula is C10H14N2O. The standard InChI is InChI=1S/C10H14N2O/c1-8(13)12-7-9-4-3-5-10(6-9)11-2/h3-6,11H,7H2,1-2H3,(H,12,13). The molecule has 13 heavy (non-hydrogen) atoms. The highest BCUT2D eigenvalue weighted by atomic mass is 16.1. The first kappa shape index (κ1) is 9.58. The predicted octanol–water partition coefficient (Wildman–Crippen LogP) is 1.36. The van der Waals surface area contributed by atoms with E-state index in [2.05, 4.69) is 10.6 Å². The molecule has 0 unspecified atom stereocenters. The number of benzene rings is 1. The van der Waals surface area contributed by atoms with Crippen LogP contribution in [0.4, 0.5) is 5.69 Å². The topological polar surface area (TPSA) is 41.1 Å². The van der Waals surface area contributed by atoms with E-state index in [4.69, 9.17) is 0 Å². The average molecular weight is 178 g/mol. The van der Waals surface area contributed by atoms with Gasteiger partial charge in [-0.2, -0.15) is 0 Å². The molecule has 1 rings (SSSR count). The van der Waals surface area contributed by atoms with Crippen molar-refractivity contribution >= 4 is 11.6 Å². The minimum absolute atomic E-state index is 0.00476. The Morgan fingerprint density at radius 1 is 1.46 bits per heavy atom. The van der Waals surface area contributed by atoms with E-state index in [-0.39, 0.29) is 5.91 Å². The zero-order valence-electron chi connectivity index (χ0n) is 7.92. The van der Waals surface area contributed by atoms with E-state index in [1.165, 1.54) is 6.92 Å². The van der Waals surface area contributed by atoms with E-state index >= 15 is 0 Å². The van der Waals surface area contributed by atoms with Crippen LogP contribution in [-0.4, -0.2) is 13.0 Å². The van der Waals surface area contributed by atoms with Crippen LogP contribution in [0.5, 0.6) is 0 Å². The number of anilines is 1. The van der Waals surface area contributed by atoms with Gasteiger partial charge in [-0.1, -0.05) is 12.1 Å². The molecule has 0 saturated carbocycles. The van der Waals surface area contributed by atoms with E-state index in [9.17, 15) is 4.79 Å². The molecule has 1 amide bonds. The van der Waals surface area contributed by atoms with Gasteiger partial charge in [-0.25, -0.2) is 0 Å². The highest BCUT2D eigenvalue weighted by Gasteiger charge is 1.95. The lowest BCUT2D eigenvalue weighted by molar-refractivity contribution is -0.119. The summed E-state index contributed by atoms with van der Waals surface area (Å²) in [4.78, 5) is 10.6. The van der Waals surface area contributed by atoms with Crippen molar-refractivity contribution in [3.8, 4) is 0 Å². The molecule has 70 valence electrons. The van der Waals surface area contributed by atoms with Crippen molar-refractivity contribution in [3.05, 3.63) is 29.8 Å². The number of nitrogens with one attached hydrogen (secondary N) is 2. The summed E-state index contributed by atoms with van der Waals surface area (Å²) in [5, 5.41) is 5.79. The van der Waals surface area contributed by atoms with Gasteiger partial charge in [-0.15, -0.1) is 0 Å². The average Bonchev–Trinajstić information content (AvgIpc) is 2.15. The fraction of sp³-hybridized carbons (Fsp3) is 0.300. The highest BCUT2D eigenvalue weighted by Crippen LogP contribution is 2.08. The second-order valence-electron chi connectivity index (χ2n) is 2.86. The van der Waals surface area contributed by atoms with Gasteiger partial charge < -0.3 is 10.6 Å². The largest absolute Gasteiger partial charge is 0.388 e. The molecular weight excluding hydrogens is 164 g/mol. The normalized spacial score (nSPS) is 9.38. The SMILES string of the molecule is CNc1cccc(CNC(C)=O)c1. The Balaban J connectivity index is 2.61. The van der Waals surface area contributed by atoms with Crippen LogP contribution in [0.25, 0.3) is 0 Å². The van der Waals surface area contributed by atoms with Gasteiger partial charge in [-0.05, 0) is 17.7 Å². The molecule has 0 heterocycles. The van der Waals surface area contributed by atoms with Crippen molar-refractivity contribution in [2.45, 2.75) is 13.5 Å². The van der Waals surface area contributed by atoms with Crippen LogP contribution in [0.3, 0.4) is 0 Å². The molecule has 0 aliphatic heterocycles. The number of hydrogen-bond acceptors (Lipinski definition) is 2. The molecule has 3 heteroatoms. The number of rotatable bonds is 3. The van der Waals surface area contributed by atoms with Gasteiger partial charge >= 0.3 is 0 Å². The van der Waals surface area contributed by atoms with Gasteiger partial charge in [0.1, 0.15) is 0 Å². The summed E-state index contributed by atoms with van der Waals surface area (Å²) in [6, 6.07) is 7.94. The Morgan fingerprint density at radius 3 is 2.85 bits per heavy atom. The number of hydrogen-bond donors (Lipinski definition) is 2. The molecule has 0 aliphatic rings. The first-order valence-corrected chi connectivity index (χ1v) is 4.23. The number of carbonyl (C=O) groups excluding carboxylic acids is 1. The Hall–Kier alpha value is -1.51. The summed E-state index contributed by atoms with van der Waals surface area (Å²) >= 11 is 0. The third-order valence-electron chi connectivity index (χ3n) is 1.76. The van der Waals surface area contributed by atoms with E-state index in [0.717, 1.165) is 11.3 Å². The van der Waals surface area contributed by atoms with Gasteiger partial charge in [0.05, 0.1) is 0 Å². The smallest absolute Gasteiger partial charge is 0.217 e. The molecule has 0 aliphatic carbocycles. The van der Waals surface area contributed by atoms with Crippen LogP contribution in [0.2, 0.25) is 0 Å². The van der Waals surface area contributed by atoms with Gasteiger partial charge in [-0.3, -0.25) is 4.79 Å². The monoisotopic (exact) mass is 178 g/mol. The third kappa shape index (κ3) is 3.15. The molecule has 1 aromatic rings. The lowest BCUT2D eigenvalue weighted by Gasteiger charge is -2.04. The maximum Gasteiger partial charge on any atom is 0.217 e. The van der Waals surface area contributed by atoms with E-state index in [1.807, 2.05) is 31.3 Å². The molecule has 2 N–H and O–H groups in total. The van der Waals surface area contributed by atoms with Crippen molar-refractivity contribution in [1.29, 1.82) is 0 Å². The zero-order valence-corrected chi connectivity index (χ0v) is 7.92. The predicted molar refractivity (Wildman–Crippen MR) is 53.5 cm³/mol. The van der Waals surface area contributed by atoms with Crippen LogP contribution >= 0.6 is 0 Å². The van der Waals surface area contributed by atoms with Crippen molar-refractivity contribution < 1.29 is 4.79 Å². The minimum atomic E-state index is -0.00476. The van der Waals surface area contributed by atoms with Crippen molar-refractivity contribution in [2.75, 3.05) is 12.4 Å². The van der Waals surface area contributed by atoms with Crippen molar-refractivity contribution in [3.63, 3.8) is 0 Å². The minimum Gasteiger partial charge on any atom is -0.388 e. The Labute approximate surface area is 78.2 Å². The van der Waals surface area contributed by atoms with Crippen molar-refractivity contribution in [1.82, 2.24) is 5.32 Å². The Bertz CT molecular complexity index is 297. The quantitative estimate of drug-likeness (QED) is 0.733. The molecule has 0 spiro atoms. The van der Waals surface area contributed by atoms with E-state index in [0.29, 0.717) is 6.54 Å². The van der Waals surface area contributed by atoms with Crippen LogP contribution in [0, 0.1) is 0 Å². The summed E-state index contributed by atoms with van der Waals surface area (Å²) in [5.74, 6) is -0.00476. The van der Waals surface area contributed by atoms with Crippen LogP contribution < -0.4 is 10.6 Å². The lowest BCUT2D eigenvalue weighted by atomic mass is 10.2. The summed E-state index contributed by atoms with van der Waals surface area (Å²) in [6.07, 6.45) is 0. The summed E-state index contributed by atoms with van der Waals surface area (Å²) in [5.41, 5.74) is 2.16. The maximum atomic E-state index is 10.6. The Kier molecular flexibility index (Phi) is 3.31. The van der Waals surface area contributed by atoms with Gasteiger partial charge in [0.15, 0.2) is 0 Å². The number of carbonyl (C=O) groups is 1. The first-order valence-electron chi connectivity index (χ1n) is 4.23. The Morgan fingerprint density at radius 2 is 2.23 bits per heavy atom. The molecule has 0 bridgehead atoms. The highest BCUT2D eigenvalue weighted by molar-refractivity contribution is 5.72. The van der Waals surface area contributed by atoms with Crippen LogP contribution in [-0.2, 0) is 11.3 Å². The first-order chi connectivity index (χ1) is 6.22. The maximum absolute atomic E-state index is 10.6. The van der Waals surface area contributed by atoms with Gasteiger partial charge in [0.25, 0.3) is 0 Å². The fourth-order valence-electron chi connectivity index (χ4n) is 1.06. The van der Waals surface area contributed by atoms with E-state index < -0.39 is 0 Å². The molecule has 1 aromatic carbocycles. The summed E-state index contributed by atoms with van der Waals surface area (Å²) < 4.78 is 0. The number of amides is 1. The van der Waals surface area contributed by atoms with Gasteiger partial charge in [0.2, 0.25) is 5.91 Å².